The Hall–Kier alpha value is -1.82. The lowest BCUT2D eigenvalue weighted by molar-refractivity contribution is 0.0519. The number of rotatable bonds is 5. The Morgan fingerprint density at radius 3 is 2.55 bits per heavy atom. The highest BCUT2D eigenvalue weighted by molar-refractivity contribution is 9.10. The molecule has 0 bridgehead atoms. The van der Waals surface area contributed by atoms with E-state index >= 15 is 0 Å². The van der Waals surface area contributed by atoms with E-state index in [0.717, 1.165) is 10.2 Å². The van der Waals surface area contributed by atoms with Crippen LogP contribution in [0.1, 0.15) is 24.3 Å². The van der Waals surface area contributed by atoms with Crippen LogP contribution in [0.25, 0.3) is 5.69 Å². The molecule has 0 fully saturated rings. The van der Waals surface area contributed by atoms with E-state index in [9.17, 15) is 4.79 Å². The molecule has 2 rings (SSSR count). The fourth-order valence-corrected chi connectivity index (χ4v) is 1.95. The highest BCUT2D eigenvalue weighted by Gasteiger charge is 2.17. The second-order valence-electron chi connectivity index (χ2n) is 3.91. The van der Waals surface area contributed by atoms with Crippen molar-refractivity contribution in [1.82, 2.24) is 9.78 Å². The molecule has 6 heteroatoms. The van der Waals surface area contributed by atoms with Crippen LogP contribution in [0, 0.1) is 0 Å². The Morgan fingerprint density at radius 2 is 1.95 bits per heavy atom. The molecule has 0 atom stereocenters. The number of carbonyl (C=O) groups excluding carboxylic acids is 1. The molecule has 106 valence electrons. The Bertz CT molecular complexity index is 593. The summed E-state index contributed by atoms with van der Waals surface area (Å²) in [6.07, 6.45) is 0. The van der Waals surface area contributed by atoms with Crippen LogP contribution >= 0.6 is 15.9 Å². The van der Waals surface area contributed by atoms with Crippen molar-refractivity contribution in [3.05, 3.63) is 40.5 Å². The topological polar surface area (TPSA) is 53.4 Å². The number of ether oxygens (including phenoxy) is 2. The van der Waals surface area contributed by atoms with Crippen LogP contribution in [0.2, 0.25) is 0 Å². The number of esters is 1. The minimum absolute atomic E-state index is 0.234. The van der Waals surface area contributed by atoms with Gasteiger partial charge in [-0.15, -0.1) is 0 Å². The number of hydrogen-bond donors (Lipinski definition) is 0. The lowest BCUT2D eigenvalue weighted by Crippen LogP contribution is -2.07. The first-order chi connectivity index (χ1) is 9.65. The molecule has 0 N–H and O–H groups in total. The number of aromatic nitrogens is 2. The molecule has 0 saturated carbocycles. The van der Waals surface area contributed by atoms with Gasteiger partial charge in [-0.1, -0.05) is 15.9 Å². The Morgan fingerprint density at radius 1 is 1.25 bits per heavy atom. The van der Waals surface area contributed by atoms with Gasteiger partial charge in [-0.05, 0) is 38.1 Å². The van der Waals surface area contributed by atoms with E-state index in [1.165, 1.54) is 0 Å². The predicted molar refractivity (Wildman–Crippen MR) is 78.4 cm³/mol. The lowest BCUT2D eigenvalue weighted by Gasteiger charge is -2.07. The van der Waals surface area contributed by atoms with Gasteiger partial charge in [0.15, 0.2) is 5.69 Å². The molecule has 0 radical (unpaired) electrons. The van der Waals surface area contributed by atoms with E-state index < -0.39 is 5.97 Å². The zero-order valence-electron chi connectivity index (χ0n) is 11.3. The molecule has 0 aliphatic heterocycles. The van der Waals surface area contributed by atoms with E-state index in [0.29, 0.717) is 19.1 Å². The fourth-order valence-electron chi connectivity index (χ4n) is 1.69. The smallest absolute Gasteiger partial charge is 0.358 e. The highest BCUT2D eigenvalue weighted by atomic mass is 79.9. The maximum atomic E-state index is 11.7. The van der Waals surface area contributed by atoms with Crippen LogP contribution in [0.3, 0.4) is 0 Å². The van der Waals surface area contributed by atoms with Crippen LogP contribution in [0.4, 0.5) is 0 Å². The standard InChI is InChI=1S/C14H15BrN2O3/c1-3-19-13-9-12(14(18)20-4-2)16-17(13)11-7-5-10(15)6-8-11/h5-9H,3-4H2,1-2H3. The third-order valence-corrected chi connectivity index (χ3v) is 3.05. The van der Waals surface area contributed by atoms with Gasteiger partial charge >= 0.3 is 5.97 Å². The van der Waals surface area contributed by atoms with Crippen molar-refractivity contribution in [3.8, 4) is 11.6 Å². The maximum Gasteiger partial charge on any atom is 0.358 e. The van der Waals surface area contributed by atoms with Gasteiger partial charge < -0.3 is 9.47 Å². The minimum atomic E-state index is -0.454. The molecule has 1 heterocycles. The van der Waals surface area contributed by atoms with Crippen LogP contribution < -0.4 is 4.74 Å². The summed E-state index contributed by atoms with van der Waals surface area (Å²) in [5, 5.41) is 4.25. The van der Waals surface area contributed by atoms with Crippen molar-refractivity contribution >= 4 is 21.9 Å². The van der Waals surface area contributed by atoms with Gasteiger partial charge in [0.1, 0.15) is 0 Å². The average Bonchev–Trinajstić information content (AvgIpc) is 2.84. The van der Waals surface area contributed by atoms with Gasteiger partial charge in [0, 0.05) is 10.5 Å². The molecule has 2 aromatic rings. The van der Waals surface area contributed by atoms with Crippen molar-refractivity contribution < 1.29 is 14.3 Å². The maximum absolute atomic E-state index is 11.7. The first-order valence-corrected chi connectivity index (χ1v) is 7.11. The summed E-state index contributed by atoms with van der Waals surface area (Å²) < 4.78 is 13.0. The molecule has 0 aliphatic rings. The Kier molecular flexibility index (Phi) is 4.79. The monoisotopic (exact) mass is 338 g/mol. The van der Waals surface area contributed by atoms with Crippen LogP contribution in [-0.4, -0.2) is 29.0 Å². The molecule has 0 amide bonds. The Labute approximate surface area is 125 Å². The summed E-state index contributed by atoms with van der Waals surface area (Å²) >= 11 is 3.38. The second-order valence-corrected chi connectivity index (χ2v) is 4.83. The van der Waals surface area contributed by atoms with Crippen molar-refractivity contribution in [1.29, 1.82) is 0 Å². The normalized spacial score (nSPS) is 10.3. The first kappa shape index (κ1) is 14.6. The zero-order chi connectivity index (χ0) is 14.5. The van der Waals surface area contributed by atoms with E-state index in [2.05, 4.69) is 21.0 Å². The largest absolute Gasteiger partial charge is 0.478 e. The van der Waals surface area contributed by atoms with E-state index in [4.69, 9.17) is 9.47 Å². The number of hydrogen-bond acceptors (Lipinski definition) is 4. The molecule has 0 saturated heterocycles. The number of carbonyl (C=O) groups is 1. The molecular weight excluding hydrogens is 324 g/mol. The predicted octanol–water partition coefficient (Wildman–Crippen LogP) is 3.21. The second kappa shape index (κ2) is 6.56. The molecule has 0 aliphatic carbocycles. The summed E-state index contributed by atoms with van der Waals surface area (Å²) in [5.41, 5.74) is 1.05. The Balaban J connectivity index is 2.39. The third-order valence-electron chi connectivity index (χ3n) is 2.52. The van der Waals surface area contributed by atoms with Gasteiger partial charge in [0.25, 0.3) is 0 Å². The molecule has 0 spiro atoms. The van der Waals surface area contributed by atoms with Crippen LogP contribution in [0.5, 0.6) is 5.88 Å². The third kappa shape index (κ3) is 3.19. The van der Waals surface area contributed by atoms with Gasteiger partial charge in [-0.3, -0.25) is 0 Å². The molecule has 0 unspecified atom stereocenters. The van der Waals surface area contributed by atoms with Gasteiger partial charge in [-0.2, -0.15) is 5.10 Å². The highest BCUT2D eigenvalue weighted by Crippen LogP contribution is 2.21. The van der Waals surface area contributed by atoms with E-state index in [-0.39, 0.29) is 5.69 Å². The van der Waals surface area contributed by atoms with Gasteiger partial charge in [-0.25, -0.2) is 9.48 Å². The lowest BCUT2D eigenvalue weighted by atomic mass is 10.3. The van der Waals surface area contributed by atoms with Crippen LogP contribution in [0.15, 0.2) is 34.8 Å². The summed E-state index contributed by atoms with van der Waals surface area (Å²) in [7, 11) is 0. The molecule has 20 heavy (non-hydrogen) atoms. The molecule has 1 aromatic carbocycles. The van der Waals surface area contributed by atoms with Crippen molar-refractivity contribution in [2.24, 2.45) is 0 Å². The van der Waals surface area contributed by atoms with E-state index in [1.807, 2.05) is 31.2 Å². The molecule has 5 nitrogen and oxygen atoms in total. The van der Waals surface area contributed by atoms with Crippen molar-refractivity contribution in [2.45, 2.75) is 13.8 Å². The van der Waals surface area contributed by atoms with Crippen molar-refractivity contribution in [2.75, 3.05) is 13.2 Å². The fraction of sp³-hybridized carbons (Fsp3) is 0.286. The summed E-state index contributed by atoms with van der Waals surface area (Å²) in [6.45, 7) is 4.44. The van der Waals surface area contributed by atoms with Crippen molar-refractivity contribution in [3.63, 3.8) is 0 Å². The zero-order valence-corrected chi connectivity index (χ0v) is 12.9. The summed E-state index contributed by atoms with van der Waals surface area (Å²) in [6, 6.07) is 9.15. The minimum Gasteiger partial charge on any atom is -0.478 e. The van der Waals surface area contributed by atoms with Gasteiger partial charge in [0.05, 0.1) is 18.9 Å². The quantitative estimate of drug-likeness (QED) is 0.785. The molecule has 1 aromatic heterocycles. The van der Waals surface area contributed by atoms with E-state index in [1.54, 1.807) is 17.7 Å². The van der Waals surface area contributed by atoms with Gasteiger partial charge in [0.2, 0.25) is 5.88 Å². The van der Waals surface area contributed by atoms with Crippen LogP contribution in [-0.2, 0) is 4.74 Å². The number of nitrogens with zero attached hydrogens (tertiary/aromatic N) is 2. The number of halogens is 1. The summed E-state index contributed by atoms with van der Waals surface area (Å²) in [5.74, 6) is 0.0576. The SMILES string of the molecule is CCOC(=O)c1cc(OCC)n(-c2ccc(Br)cc2)n1. The first-order valence-electron chi connectivity index (χ1n) is 6.31. The average molecular weight is 339 g/mol. The summed E-state index contributed by atoms with van der Waals surface area (Å²) in [4.78, 5) is 11.7. The number of benzene rings is 1. The molecular formula is C14H15BrN2O3.